The van der Waals surface area contributed by atoms with E-state index in [0.29, 0.717) is 18.6 Å². The molecule has 2 unspecified atom stereocenters. The van der Waals surface area contributed by atoms with Gasteiger partial charge in [-0.2, -0.15) is 0 Å². The van der Waals surface area contributed by atoms with Gasteiger partial charge in [-0.3, -0.25) is 4.90 Å². The highest BCUT2D eigenvalue weighted by Crippen LogP contribution is 2.25. The molecular formula is C18H32N2. The van der Waals surface area contributed by atoms with Crippen molar-refractivity contribution in [2.45, 2.75) is 66.0 Å². The summed E-state index contributed by atoms with van der Waals surface area (Å²) in [4.78, 5) is 2.59. The van der Waals surface area contributed by atoms with Crippen LogP contribution in [-0.2, 0) is 0 Å². The molecule has 0 amide bonds. The van der Waals surface area contributed by atoms with Crippen LogP contribution in [0.1, 0.15) is 62.8 Å². The van der Waals surface area contributed by atoms with Crippen molar-refractivity contribution in [1.82, 2.24) is 4.90 Å². The molecule has 0 radical (unpaired) electrons. The first-order valence-electron chi connectivity index (χ1n) is 8.08. The summed E-state index contributed by atoms with van der Waals surface area (Å²) >= 11 is 0. The minimum atomic E-state index is 0.343. The highest BCUT2D eigenvalue weighted by molar-refractivity contribution is 5.32. The standard InChI is InChI=1S/C18H32N2/c1-6-8-11-20(16(5)7-2)18(13-19)17-10-9-14(3)15(4)12-17/h9-10,12,16,18H,6-8,11,13,19H2,1-5H3. The van der Waals surface area contributed by atoms with Crippen molar-refractivity contribution in [1.29, 1.82) is 0 Å². The van der Waals surface area contributed by atoms with E-state index >= 15 is 0 Å². The molecule has 0 fully saturated rings. The highest BCUT2D eigenvalue weighted by Gasteiger charge is 2.22. The van der Waals surface area contributed by atoms with Crippen LogP contribution in [0.3, 0.4) is 0 Å². The second-order valence-electron chi connectivity index (χ2n) is 5.94. The van der Waals surface area contributed by atoms with Crippen LogP contribution in [0, 0.1) is 13.8 Å². The Labute approximate surface area is 125 Å². The number of nitrogens with two attached hydrogens (primary N) is 1. The van der Waals surface area contributed by atoms with E-state index in [1.54, 1.807) is 0 Å². The zero-order valence-electron chi connectivity index (χ0n) is 13.9. The lowest BCUT2D eigenvalue weighted by Gasteiger charge is -2.36. The van der Waals surface area contributed by atoms with E-state index in [0.717, 1.165) is 6.54 Å². The quantitative estimate of drug-likeness (QED) is 0.771. The van der Waals surface area contributed by atoms with Crippen LogP contribution in [0.4, 0.5) is 0 Å². The minimum absolute atomic E-state index is 0.343. The molecule has 0 saturated carbocycles. The van der Waals surface area contributed by atoms with E-state index in [1.807, 2.05) is 0 Å². The van der Waals surface area contributed by atoms with Crippen LogP contribution in [-0.4, -0.2) is 24.0 Å². The lowest BCUT2D eigenvalue weighted by molar-refractivity contribution is 0.141. The van der Waals surface area contributed by atoms with E-state index < -0.39 is 0 Å². The van der Waals surface area contributed by atoms with Gasteiger partial charge >= 0.3 is 0 Å². The van der Waals surface area contributed by atoms with Crippen molar-refractivity contribution >= 4 is 0 Å². The first-order valence-corrected chi connectivity index (χ1v) is 8.08. The first kappa shape index (κ1) is 17.2. The maximum absolute atomic E-state index is 6.12. The number of hydrogen-bond donors (Lipinski definition) is 1. The van der Waals surface area contributed by atoms with Gasteiger partial charge in [0.25, 0.3) is 0 Å². The molecule has 1 aromatic carbocycles. The summed E-state index contributed by atoms with van der Waals surface area (Å²) in [5.41, 5.74) is 10.2. The van der Waals surface area contributed by atoms with Crippen molar-refractivity contribution in [3.8, 4) is 0 Å². The third-order valence-electron chi connectivity index (χ3n) is 4.47. The highest BCUT2D eigenvalue weighted by atomic mass is 15.2. The molecule has 1 rings (SSSR count). The number of benzene rings is 1. The molecule has 0 aromatic heterocycles. The molecule has 0 aliphatic heterocycles. The van der Waals surface area contributed by atoms with Crippen molar-refractivity contribution in [3.05, 3.63) is 34.9 Å². The van der Waals surface area contributed by atoms with Crippen molar-refractivity contribution in [3.63, 3.8) is 0 Å². The maximum atomic E-state index is 6.12. The molecule has 0 spiro atoms. The van der Waals surface area contributed by atoms with Crippen LogP contribution >= 0.6 is 0 Å². The van der Waals surface area contributed by atoms with Gasteiger partial charge in [0.2, 0.25) is 0 Å². The second kappa shape index (κ2) is 8.43. The van der Waals surface area contributed by atoms with Crippen LogP contribution in [0.5, 0.6) is 0 Å². The average molecular weight is 276 g/mol. The van der Waals surface area contributed by atoms with Gasteiger partial charge in [0.05, 0.1) is 0 Å². The van der Waals surface area contributed by atoms with Crippen molar-refractivity contribution < 1.29 is 0 Å². The molecule has 0 saturated heterocycles. The second-order valence-corrected chi connectivity index (χ2v) is 5.94. The smallest absolute Gasteiger partial charge is 0.0473 e. The zero-order valence-corrected chi connectivity index (χ0v) is 13.9. The van der Waals surface area contributed by atoms with Gasteiger partial charge in [-0.25, -0.2) is 0 Å². The van der Waals surface area contributed by atoms with Crippen LogP contribution in [0.25, 0.3) is 0 Å². The van der Waals surface area contributed by atoms with E-state index in [2.05, 4.69) is 57.7 Å². The van der Waals surface area contributed by atoms with Crippen molar-refractivity contribution in [2.75, 3.05) is 13.1 Å². The van der Waals surface area contributed by atoms with Gasteiger partial charge in [-0.15, -0.1) is 0 Å². The Morgan fingerprint density at radius 1 is 1.15 bits per heavy atom. The fraction of sp³-hybridized carbons (Fsp3) is 0.667. The van der Waals surface area contributed by atoms with Crippen LogP contribution in [0.15, 0.2) is 18.2 Å². The largest absolute Gasteiger partial charge is 0.329 e. The van der Waals surface area contributed by atoms with Crippen molar-refractivity contribution in [2.24, 2.45) is 5.73 Å². The van der Waals surface area contributed by atoms with E-state index in [1.165, 1.54) is 36.0 Å². The number of hydrogen-bond acceptors (Lipinski definition) is 2. The molecule has 2 heteroatoms. The topological polar surface area (TPSA) is 29.3 Å². The molecule has 114 valence electrons. The fourth-order valence-electron chi connectivity index (χ4n) is 2.69. The summed E-state index contributed by atoms with van der Waals surface area (Å²) in [6.07, 6.45) is 3.65. The van der Waals surface area contributed by atoms with Gasteiger partial charge in [0.1, 0.15) is 0 Å². The molecule has 0 heterocycles. The molecular weight excluding hydrogens is 244 g/mol. The predicted molar refractivity (Wildman–Crippen MR) is 89.1 cm³/mol. The lowest BCUT2D eigenvalue weighted by atomic mass is 9.98. The summed E-state index contributed by atoms with van der Waals surface area (Å²) < 4.78 is 0. The van der Waals surface area contributed by atoms with Crippen LogP contribution < -0.4 is 5.73 Å². The normalized spacial score (nSPS) is 14.6. The number of aryl methyl sites for hydroxylation is 2. The fourth-order valence-corrected chi connectivity index (χ4v) is 2.69. The Hall–Kier alpha value is -0.860. The lowest BCUT2D eigenvalue weighted by Crippen LogP contribution is -2.40. The molecule has 2 N–H and O–H groups in total. The maximum Gasteiger partial charge on any atom is 0.0473 e. The molecule has 1 aromatic rings. The Kier molecular flexibility index (Phi) is 7.25. The Morgan fingerprint density at radius 2 is 1.85 bits per heavy atom. The monoisotopic (exact) mass is 276 g/mol. The number of nitrogens with zero attached hydrogens (tertiary/aromatic N) is 1. The van der Waals surface area contributed by atoms with E-state index in [4.69, 9.17) is 5.73 Å². The van der Waals surface area contributed by atoms with Gasteiger partial charge < -0.3 is 5.73 Å². The molecule has 20 heavy (non-hydrogen) atoms. The summed E-state index contributed by atoms with van der Waals surface area (Å²) in [7, 11) is 0. The third kappa shape index (κ3) is 4.32. The molecule has 0 bridgehead atoms. The Balaban J connectivity index is 3.01. The average Bonchev–Trinajstić information content (AvgIpc) is 2.46. The van der Waals surface area contributed by atoms with Gasteiger partial charge in [0, 0.05) is 18.6 Å². The Morgan fingerprint density at radius 3 is 2.35 bits per heavy atom. The summed E-state index contributed by atoms with van der Waals surface area (Å²) in [6, 6.07) is 7.71. The van der Waals surface area contributed by atoms with E-state index in [9.17, 15) is 0 Å². The first-order chi connectivity index (χ1) is 9.54. The Bertz CT molecular complexity index is 400. The molecule has 2 atom stereocenters. The van der Waals surface area contributed by atoms with E-state index in [-0.39, 0.29) is 0 Å². The number of unbranched alkanes of at least 4 members (excludes halogenated alkanes) is 1. The summed E-state index contributed by atoms with van der Waals surface area (Å²) in [5, 5.41) is 0. The number of rotatable bonds is 8. The molecule has 0 aliphatic rings. The molecule has 0 aliphatic carbocycles. The third-order valence-corrected chi connectivity index (χ3v) is 4.47. The van der Waals surface area contributed by atoms with Gasteiger partial charge in [-0.05, 0) is 56.8 Å². The van der Waals surface area contributed by atoms with Gasteiger partial charge in [-0.1, -0.05) is 38.5 Å². The minimum Gasteiger partial charge on any atom is -0.329 e. The van der Waals surface area contributed by atoms with Crippen LogP contribution in [0.2, 0.25) is 0 Å². The van der Waals surface area contributed by atoms with Gasteiger partial charge in [0.15, 0.2) is 0 Å². The predicted octanol–water partition coefficient (Wildman–Crippen LogP) is 4.20. The summed E-state index contributed by atoms with van der Waals surface area (Å²) in [6.45, 7) is 13.0. The zero-order chi connectivity index (χ0) is 15.1. The SMILES string of the molecule is CCCCN(C(C)CC)C(CN)c1ccc(C)c(C)c1. The molecule has 2 nitrogen and oxygen atoms in total. The summed E-state index contributed by atoms with van der Waals surface area (Å²) in [5.74, 6) is 0.